The van der Waals surface area contributed by atoms with E-state index in [2.05, 4.69) is 12.2 Å². The molecule has 0 aliphatic rings. The minimum atomic E-state index is -0.956. The number of rotatable bonds is 19. The molecule has 5 nitrogen and oxygen atoms in total. The molecule has 2 N–H and O–H groups in total. The third-order valence-corrected chi connectivity index (χ3v) is 4.69. The summed E-state index contributed by atoms with van der Waals surface area (Å²) in [6, 6.07) is -0.680. The molecular formula is C21H39NO4. The van der Waals surface area contributed by atoms with Crippen LogP contribution in [0.15, 0.2) is 0 Å². The monoisotopic (exact) mass is 369 g/mol. The lowest BCUT2D eigenvalue weighted by molar-refractivity contribution is -0.137. The Kier molecular flexibility index (Phi) is 17.4. The second kappa shape index (κ2) is 18.4. The quantitative estimate of drug-likeness (QED) is 0.247. The van der Waals surface area contributed by atoms with Gasteiger partial charge in [0, 0.05) is 12.8 Å². The van der Waals surface area contributed by atoms with Gasteiger partial charge in [-0.3, -0.25) is 9.59 Å². The van der Waals surface area contributed by atoms with Crippen molar-refractivity contribution in [3.63, 3.8) is 0 Å². The largest absolute Gasteiger partial charge is 0.481 e. The predicted molar refractivity (Wildman–Crippen MR) is 105 cm³/mol. The third kappa shape index (κ3) is 17.4. The highest BCUT2D eigenvalue weighted by atomic mass is 16.4. The molecule has 0 heterocycles. The topological polar surface area (TPSA) is 83.5 Å². The molecule has 152 valence electrons. The molecule has 0 aliphatic heterocycles. The van der Waals surface area contributed by atoms with Crippen molar-refractivity contribution >= 4 is 18.2 Å². The smallest absolute Gasteiger partial charge is 0.303 e. The van der Waals surface area contributed by atoms with Crippen LogP contribution in [0.5, 0.6) is 0 Å². The van der Waals surface area contributed by atoms with Gasteiger partial charge in [-0.1, -0.05) is 84.0 Å². The molecule has 0 fully saturated rings. The van der Waals surface area contributed by atoms with E-state index in [0.29, 0.717) is 12.7 Å². The van der Waals surface area contributed by atoms with E-state index in [1.54, 1.807) is 0 Å². The third-order valence-electron chi connectivity index (χ3n) is 4.69. The number of carboxylic acids is 1. The van der Waals surface area contributed by atoms with Gasteiger partial charge in [0.15, 0.2) is 0 Å². The van der Waals surface area contributed by atoms with Gasteiger partial charge in [-0.25, -0.2) is 0 Å². The van der Waals surface area contributed by atoms with Crippen LogP contribution in [0.25, 0.3) is 0 Å². The normalized spacial score (nSPS) is 11.9. The average Bonchev–Trinajstić information content (AvgIpc) is 2.62. The maximum Gasteiger partial charge on any atom is 0.303 e. The van der Waals surface area contributed by atoms with Crippen LogP contribution in [-0.2, 0) is 14.4 Å². The van der Waals surface area contributed by atoms with E-state index in [4.69, 9.17) is 5.11 Å². The zero-order valence-corrected chi connectivity index (χ0v) is 16.6. The minimum absolute atomic E-state index is 0.109. The number of carbonyl (C=O) groups excluding carboxylic acids is 2. The Labute approximate surface area is 159 Å². The molecule has 0 unspecified atom stereocenters. The summed E-state index contributed by atoms with van der Waals surface area (Å²) in [5, 5.41) is 11.2. The summed E-state index contributed by atoms with van der Waals surface area (Å²) in [4.78, 5) is 33.1. The van der Waals surface area contributed by atoms with Crippen LogP contribution in [0.3, 0.4) is 0 Å². The van der Waals surface area contributed by atoms with Crippen LogP contribution in [0.1, 0.15) is 110 Å². The van der Waals surface area contributed by atoms with Gasteiger partial charge < -0.3 is 15.2 Å². The predicted octanol–water partition coefficient (Wildman–Crippen LogP) is 5.02. The van der Waals surface area contributed by atoms with Gasteiger partial charge in [-0.2, -0.15) is 0 Å². The molecule has 0 bridgehead atoms. The number of unbranched alkanes of at least 4 members (excludes halogenated alkanes) is 12. The van der Waals surface area contributed by atoms with Gasteiger partial charge in [-0.15, -0.1) is 0 Å². The van der Waals surface area contributed by atoms with Crippen LogP contribution < -0.4 is 5.32 Å². The lowest BCUT2D eigenvalue weighted by Crippen LogP contribution is -2.36. The van der Waals surface area contributed by atoms with Gasteiger partial charge in [0.1, 0.15) is 6.29 Å². The van der Waals surface area contributed by atoms with Crippen LogP contribution in [0.4, 0.5) is 0 Å². The first-order chi connectivity index (χ1) is 12.6. The first-order valence-corrected chi connectivity index (χ1v) is 10.6. The van der Waals surface area contributed by atoms with Crippen molar-refractivity contribution in [3.8, 4) is 0 Å². The number of aliphatic carboxylic acids is 1. The summed E-state index contributed by atoms with van der Waals surface area (Å²) in [6.45, 7) is 2.25. The van der Waals surface area contributed by atoms with Crippen molar-refractivity contribution < 1.29 is 19.5 Å². The van der Waals surface area contributed by atoms with Crippen molar-refractivity contribution in [2.24, 2.45) is 0 Å². The van der Waals surface area contributed by atoms with Crippen LogP contribution >= 0.6 is 0 Å². The second-order valence-electron chi connectivity index (χ2n) is 7.24. The lowest BCUT2D eigenvalue weighted by atomic mass is 10.0. The minimum Gasteiger partial charge on any atom is -0.481 e. The highest BCUT2D eigenvalue weighted by molar-refractivity contribution is 5.79. The summed E-state index contributed by atoms with van der Waals surface area (Å²) in [6.07, 6.45) is 17.5. The molecule has 0 saturated heterocycles. The maximum absolute atomic E-state index is 11.7. The molecule has 0 aromatic carbocycles. The van der Waals surface area contributed by atoms with Gasteiger partial charge in [-0.05, 0) is 12.8 Å². The highest BCUT2D eigenvalue weighted by Gasteiger charge is 2.12. The van der Waals surface area contributed by atoms with Gasteiger partial charge >= 0.3 is 5.97 Å². The van der Waals surface area contributed by atoms with E-state index in [1.807, 2.05) is 0 Å². The Bertz CT molecular complexity index is 371. The van der Waals surface area contributed by atoms with Crippen LogP contribution in [0, 0.1) is 0 Å². The molecule has 0 saturated carbocycles. The number of hydrogen-bond acceptors (Lipinski definition) is 3. The van der Waals surface area contributed by atoms with E-state index >= 15 is 0 Å². The Balaban J connectivity index is 3.39. The Morgan fingerprint density at radius 2 is 1.27 bits per heavy atom. The number of nitrogens with one attached hydrogen (secondary N) is 1. The first kappa shape index (κ1) is 24.6. The fraction of sp³-hybridized carbons (Fsp3) is 0.857. The number of aldehydes is 1. The maximum atomic E-state index is 11.7. The van der Waals surface area contributed by atoms with Gasteiger partial charge in [0.25, 0.3) is 0 Å². The van der Waals surface area contributed by atoms with Crippen molar-refractivity contribution in [2.45, 2.75) is 116 Å². The van der Waals surface area contributed by atoms with Crippen LogP contribution in [-0.4, -0.2) is 29.3 Å². The molecule has 0 rings (SSSR count). The van der Waals surface area contributed by atoms with E-state index in [-0.39, 0.29) is 18.7 Å². The number of carbonyl (C=O) groups is 3. The highest BCUT2D eigenvalue weighted by Crippen LogP contribution is 2.13. The average molecular weight is 370 g/mol. The van der Waals surface area contributed by atoms with E-state index < -0.39 is 12.0 Å². The van der Waals surface area contributed by atoms with Crippen molar-refractivity contribution in [3.05, 3.63) is 0 Å². The van der Waals surface area contributed by atoms with Crippen LogP contribution in [0.2, 0.25) is 0 Å². The lowest BCUT2D eigenvalue weighted by Gasteiger charge is -2.11. The fourth-order valence-corrected chi connectivity index (χ4v) is 3.04. The SMILES string of the molecule is CCCCCCCCCCCCCCCC(=O)N[C@H](C=O)CCC(=O)O. The molecular weight excluding hydrogens is 330 g/mol. The summed E-state index contributed by atoms with van der Waals surface area (Å²) >= 11 is 0. The summed E-state index contributed by atoms with van der Waals surface area (Å²) in [7, 11) is 0. The zero-order chi connectivity index (χ0) is 19.5. The van der Waals surface area contributed by atoms with E-state index in [1.165, 1.54) is 64.2 Å². The molecule has 5 heteroatoms. The summed E-state index contributed by atoms with van der Waals surface area (Å²) < 4.78 is 0. The summed E-state index contributed by atoms with van der Waals surface area (Å²) in [5.74, 6) is -1.11. The Morgan fingerprint density at radius 1 is 0.808 bits per heavy atom. The molecule has 0 aromatic heterocycles. The first-order valence-electron chi connectivity index (χ1n) is 10.6. The van der Waals surface area contributed by atoms with Gasteiger partial charge in [0.2, 0.25) is 5.91 Å². The Morgan fingerprint density at radius 3 is 1.69 bits per heavy atom. The number of carboxylic acid groups (broad SMARTS) is 1. The van der Waals surface area contributed by atoms with E-state index in [0.717, 1.165) is 19.3 Å². The second-order valence-corrected chi connectivity index (χ2v) is 7.24. The van der Waals surface area contributed by atoms with Crippen molar-refractivity contribution in [1.29, 1.82) is 0 Å². The number of amides is 1. The standard InChI is InChI=1S/C21H39NO4/c1-2-3-4-5-6-7-8-9-10-11-12-13-14-15-20(24)22-19(18-23)16-17-21(25)26/h18-19H,2-17H2,1H3,(H,22,24)(H,25,26)/t19-/m0/s1. The van der Waals surface area contributed by atoms with Crippen molar-refractivity contribution in [1.82, 2.24) is 5.32 Å². The number of hydrogen-bond donors (Lipinski definition) is 2. The molecule has 0 radical (unpaired) electrons. The molecule has 1 atom stereocenters. The van der Waals surface area contributed by atoms with E-state index in [9.17, 15) is 14.4 Å². The molecule has 0 aliphatic carbocycles. The fourth-order valence-electron chi connectivity index (χ4n) is 3.04. The van der Waals surface area contributed by atoms with Crippen molar-refractivity contribution in [2.75, 3.05) is 0 Å². The summed E-state index contributed by atoms with van der Waals surface area (Å²) in [5.41, 5.74) is 0. The molecule has 0 aromatic rings. The Hall–Kier alpha value is -1.39. The van der Waals surface area contributed by atoms with Gasteiger partial charge in [0.05, 0.1) is 6.04 Å². The zero-order valence-electron chi connectivity index (χ0n) is 16.6. The molecule has 26 heavy (non-hydrogen) atoms. The molecule has 1 amide bonds. The molecule has 0 spiro atoms.